The predicted octanol–water partition coefficient (Wildman–Crippen LogP) is 3.08. The third kappa shape index (κ3) is 3.08. The monoisotopic (exact) mass is 363 g/mol. The lowest BCUT2D eigenvalue weighted by Crippen LogP contribution is -2.03. The first-order chi connectivity index (χ1) is 13.1. The summed E-state index contributed by atoms with van der Waals surface area (Å²) in [4.78, 5) is 4.22. The Labute approximate surface area is 157 Å². The van der Waals surface area contributed by atoms with E-state index in [1.54, 1.807) is 25.1 Å². The van der Waals surface area contributed by atoms with Crippen LogP contribution in [0, 0.1) is 0 Å². The van der Waals surface area contributed by atoms with E-state index in [0.29, 0.717) is 23.9 Å². The highest BCUT2D eigenvalue weighted by atomic mass is 16.5. The number of ether oxygens (including phenoxy) is 2. The zero-order valence-corrected chi connectivity index (χ0v) is 15.5. The first-order valence-corrected chi connectivity index (χ1v) is 8.53. The van der Waals surface area contributed by atoms with Crippen molar-refractivity contribution in [2.24, 2.45) is 7.05 Å². The minimum atomic E-state index is 0.492. The van der Waals surface area contributed by atoms with Gasteiger partial charge in [0.1, 0.15) is 5.82 Å². The molecule has 0 saturated carbocycles. The Balaban J connectivity index is 1.85. The maximum Gasteiger partial charge on any atom is 0.161 e. The van der Waals surface area contributed by atoms with Crippen LogP contribution in [0.2, 0.25) is 0 Å². The SMILES string of the molecule is COc1ccc(Cn2c(-c3cnn(C)c3)cc3cnc(N)cc32)cc1OC. The number of anilines is 1. The fourth-order valence-electron chi connectivity index (χ4n) is 3.30. The van der Waals surface area contributed by atoms with Gasteiger partial charge in [0.25, 0.3) is 0 Å². The van der Waals surface area contributed by atoms with Crippen LogP contribution in [0.25, 0.3) is 22.2 Å². The lowest BCUT2D eigenvalue weighted by Gasteiger charge is -2.13. The highest BCUT2D eigenvalue weighted by Gasteiger charge is 2.14. The molecule has 0 aliphatic carbocycles. The number of methoxy groups -OCH3 is 2. The Morgan fingerprint density at radius 2 is 1.85 bits per heavy atom. The topological polar surface area (TPSA) is 80.1 Å². The van der Waals surface area contributed by atoms with Crippen molar-refractivity contribution >= 4 is 16.7 Å². The first-order valence-electron chi connectivity index (χ1n) is 8.53. The number of hydrogen-bond acceptors (Lipinski definition) is 5. The molecule has 0 aliphatic rings. The minimum absolute atomic E-state index is 0.492. The fraction of sp³-hybridized carbons (Fsp3) is 0.200. The van der Waals surface area contributed by atoms with E-state index in [1.165, 1.54) is 0 Å². The van der Waals surface area contributed by atoms with Gasteiger partial charge in [-0.1, -0.05) is 6.07 Å². The normalized spacial score (nSPS) is 11.1. The van der Waals surface area contributed by atoms with E-state index in [0.717, 1.165) is 27.7 Å². The molecule has 4 aromatic rings. The smallest absolute Gasteiger partial charge is 0.161 e. The largest absolute Gasteiger partial charge is 0.493 e. The summed E-state index contributed by atoms with van der Waals surface area (Å²) in [6, 6.07) is 9.95. The van der Waals surface area contributed by atoms with E-state index >= 15 is 0 Å². The van der Waals surface area contributed by atoms with Gasteiger partial charge >= 0.3 is 0 Å². The number of hydrogen-bond donors (Lipinski definition) is 1. The number of aryl methyl sites for hydroxylation is 1. The van der Waals surface area contributed by atoms with Crippen LogP contribution in [0.5, 0.6) is 11.5 Å². The summed E-state index contributed by atoms with van der Waals surface area (Å²) in [5.74, 6) is 1.90. The molecule has 2 N–H and O–H groups in total. The average molecular weight is 363 g/mol. The summed E-state index contributed by atoms with van der Waals surface area (Å²) in [5.41, 5.74) is 10.1. The molecule has 0 aliphatic heterocycles. The van der Waals surface area contributed by atoms with Crippen molar-refractivity contribution in [3.8, 4) is 22.8 Å². The number of aromatic nitrogens is 4. The molecule has 3 heterocycles. The second-order valence-corrected chi connectivity index (χ2v) is 6.38. The summed E-state index contributed by atoms with van der Waals surface area (Å²) in [6.45, 7) is 0.650. The molecule has 27 heavy (non-hydrogen) atoms. The molecule has 3 aromatic heterocycles. The van der Waals surface area contributed by atoms with E-state index < -0.39 is 0 Å². The molecule has 0 unspecified atom stereocenters. The molecule has 1 aromatic carbocycles. The van der Waals surface area contributed by atoms with Crippen molar-refractivity contribution in [1.29, 1.82) is 0 Å². The number of benzene rings is 1. The highest BCUT2D eigenvalue weighted by Crippen LogP contribution is 2.32. The van der Waals surface area contributed by atoms with Crippen molar-refractivity contribution in [2.45, 2.75) is 6.54 Å². The number of nitrogens with zero attached hydrogens (tertiary/aromatic N) is 4. The highest BCUT2D eigenvalue weighted by molar-refractivity contribution is 5.87. The summed E-state index contributed by atoms with van der Waals surface area (Å²) < 4.78 is 14.8. The van der Waals surface area contributed by atoms with Gasteiger partial charge in [0.2, 0.25) is 0 Å². The Morgan fingerprint density at radius 1 is 1.04 bits per heavy atom. The molecule has 0 fully saturated rings. The van der Waals surface area contributed by atoms with Gasteiger partial charge in [0, 0.05) is 43.0 Å². The van der Waals surface area contributed by atoms with Gasteiger partial charge in [0.15, 0.2) is 11.5 Å². The molecule has 0 atom stereocenters. The molecular weight excluding hydrogens is 342 g/mol. The van der Waals surface area contributed by atoms with Gasteiger partial charge in [-0.3, -0.25) is 4.68 Å². The van der Waals surface area contributed by atoms with Crippen LogP contribution in [0.1, 0.15) is 5.56 Å². The Kier molecular flexibility index (Phi) is 4.19. The van der Waals surface area contributed by atoms with Crippen LogP contribution < -0.4 is 15.2 Å². The second kappa shape index (κ2) is 6.68. The van der Waals surface area contributed by atoms with E-state index in [-0.39, 0.29) is 0 Å². The van der Waals surface area contributed by atoms with E-state index in [1.807, 2.05) is 43.7 Å². The summed E-state index contributed by atoms with van der Waals surface area (Å²) in [7, 11) is 5.18. The minimum Gasteiger partial charge on any atom is -0.493 e. The molecule has 0 spiro atoms. The summed E-state index contributed by atoms with van der Waals surface area (Å²) in [5, 5.41) is 5.34. The van der Waals surface area contributed by atoms with Crippen LogP contribution >= 0.6 is 0 Å². The standard InChI is InChI=1S/C20H21N5O2/c1-24-12-15(10-23-24)16-7-14-9-22-20(21)8-17(14)25(16)11-13-4-5-18(26-2)19(6-13)27-3/h4-10,12H,11H2,1-3H3,(H2,21,22). The van der Waals surface area contributed by atoms with Crippen LogP contribution in [0.15, 0.2) is 48.9 Å². The number of rotatable bonds is 5. The first kappa shape index (κ1) is 17.0. The number of fused-ring (bicyclic) bond motifs is 1. The zero-order chi connectivity index (χ0) is 19.0. The number of nitrogens with two attached hydrogens (primary N) is 1. The van der Waals surface area contributed by atoms with E-state index in [9.17, 15) is 0 Å². The third-order valence-electron chi connectivity index (χ3n) is 4.60. The van der Waals surface area contributed by atoms with Crippen LogP contribution in [-0.2, 0) is 13.6 Å². The number of pyridine rings is 1. The van der Waals surface area contributed by atoms with Crippen molar-refractivity contribution in [2.75, 3.05) is 20.0 Å². The average Bonchev–Trinajstić information content (AvgIpc) is 3.25. The molecule has 0 amide bonds. The lowest BCUT2D eigenvalue weighted by atomic mass is 10.2. The van der Waals surface area contributed by atoms with Gasteiger partial charge < -0.3 is 19.8 Å². The van der Waals surface area contributed by atoms with Gasteiger partial charge in [-0.05, 0) is 23.8 Å². The maximum atomic E-state index is 5.94. The molecule has 4 rings (SSSR count). The van der Waals surface area contributed by atoms with Crippen LogP contribution in [-0.4, -0.2) is 33.6 Å². The summed E-state index contributed by atoms with van der Waals surface area (Å²) >= 11 is 0. The lowest BCUT2D eigenvalue weighted by molar-refractivity contribution is 0.354. The Bertz CT molecular complexity index is 1110. The van der Waals surface area contributed by atoms with Crippen molar-refractivity contribution in [3.63, 3.8) is 0 Å². The van der Waals surface area contributed by atoms with E-state index in [2.05, 4.69) is 20.7 Å². The molecule has 138 valence electrons. The van der Waals surface area contributed by atoms with Crippen molar-refractivity contribution in [3.05, 3.63) is 54.5 Å². The molecule has 0 bridgehead atoms. The molecule has 0 radical (unpaired) electrons. The van der Waals surface area contributed by atoms with E-state index in [4.69, 9.17) is 15.2 Å². The van der Waals surface area contributed by atoms with Gasteiger partial charge in [-0.25, -0.2) is 4.98 Å². The second-order valence-electron chi connectivity index (χ2n) is 6.38. The maximum absolute atomic E-state index is 5.94. The third-order valence-corrected chi connectivity index (χ3v) is 4.60. The van der Waals surface area contributed by atoms with Crippen LogP contribution in [0.4, 0.5) is 5.82 Å². The predicted molar refractivity (Wildman–Crippen MR) is 105 cm³/mol. The fourth-order valence-corrected chi connectivity index (χ4v) is 3.30. The number of nitrogen functional groups attached to an aromatic ring is 1. The van der Waals surface area contributed by atoms with Crippen molar-refractivity contribution in [1.82, 2.24) is 19.3 Å². The molecular formula is C20H21N5O2. The van der Waals surface area contributed by atoms with Crippen molar-refractivity contribution < 1.29 is 9.47 Å². The van der Waals surface area contributed by atoms with Gasteiger partial charge in [-0.15, -0.1) is 0 Å². The zero-order valence-electron chi connectivity index (χ0n) is 15.5. The van der Waals surface area contributed by atoms with Gasteiger partial charge in [-0.2, -0.15) is 5.10 Å². The van der Waals surface area contributed by atoms with Crippen LogP contribution in [0.3, 0.4) is 0 Å². The molecule has 7 heteroatoms. The Morgan fingerprint density at radius 3 is 2.56 bits per heavy atom. The Hall–Kier alpha value is -3.48. The molecule has 0 saturated heterocycles. The molecule has 7 nitrogen and oxygen atoms in total. The quantitative estimate of drug-likeness (QED) is 0.589. The van der Waals surface area contributed by atoms with Gasteiger partial charge in [0.05, 0.1) is 31.6 Å². The summed E-state index contributed by atoms with van der Waals surface area (Å²) in [6.07, 6.45) is 5.65.